The standard InChI is InChI=1S/C22H18N4O3S/c23-30(28,29)17-8-5-7-16(14-17)24-20-13-12-15-6-1-2-9-18(15)22(20)26-25-19-10-3-4-11-21(19)27/h1-14,24,27H,(H2,23,28,29). The smallest absolute Gasteiger partial charge is 0.238 e. The van der Waals surface area contributed by atoms with Crippen LogP contribution in [0.3, 0.4) is 0 Å². The van der Waals surface area contributed by atoms with E-state index in [-0.39, 0.29) is 10.6 Å². The van der Waals surface area contributed by atoms with Crippen LogP contribution in [0.5, 0.6) is 5.75 Å². The van der Waals surface area contributed by atoms with Crippen LogP contribution in [0.25, 0.3) is 10.8 Å². The van der Waals surface area contributed by atoms with Crippen molar-refractivity contribution in [3.05, 3.63) is 84.9 Å². The molecule has 0 aliphatic heterocycles. The molecule has 150 valence electrons. The first-order chi connectivity index (χ1) is 14.4. The molecule has 0 amide bonds. The number of phenols is 1. The summed E-state index contributed by atoms with van der Waals surface area (Å²) in [5.41, 5.74) is 2.06. The highest BCUT2D eigenvalue weighted by Gasteiger charge is 2.11. The number of anilines is 2. The van der Waals surface area contributed by atoms with E-state index in [2.05, 4.69) is 15.5 Å². The van der Waals surface area contributed by atoms with Crippen LogP contribution < -0.4 is 10.5 Å². The zero-order chi connectivity index (χ0) is 21.1. The van der Waals surface area contributed by atoms with Crippen LogP contribution in [0.1, 0.15) is 0 Å². The molecule has 0 aliphatic rings. The van der Waals surface area contributed by atoms with Gasteiger partial charge in [-0.15, -0.1) is 10.2 Å². The molecular weight excluding hydrogens is 400 g/mol. The summed E-state index contributed by atoms with van der Waals surface area (Å²) in [6, 6.07) is 24.3. The molecule has 0 radical (unpaired) electrons. The van der Waals surface area contributed by atoms with Gasteiger partial charge in [-0.05, 0) is 41.8 Å². The Hall–Kier alpha value is -3.75. The number of para-hydroxylation sites is 1. The summed E-state index contributed by atoms with van der Waals surface area (Å²) < 4.78 is 23.3. The van der Waals surface area contributed by atoms with Gasteiger partial charge in [0.1, 0.15) is 17.1 Å². The van der Waals surface area contributed by atoms with Gasteiger partial charge in [-0.25, -0.2) is 13.6 Å². The minimum atomic E-state index is -3.82. The Balaban J connectivity index is 1.81. The average molecular weight is 418 g/mol. The average Bonchev–Trinajstić information content (AvgIpc) is 2.73. The van der Waals surface area contributed by atoms with Crippen molar-refractivity contribution >= 4 is 43.5 Å². The summed E-state index contributed by atoms with van der Waals surface area (Å²) in [6.07, 6.45) is 0. The number of nitrogens with zero attached hydrogens (tertiary/aromatic N) is 2. The number of rotatable bonds is 5. The maximum atomic E-state index is 11.7. The summed E-state index contributed by atoms with van der Waals surface area (Å²) in [5.74, 6) is 0.0249. The van der Waals surface area contributed by atoms with Crippen molar-refractivity contribution < 1.29 is 13.5 Å². The number of benzene rings is 4. The number of nitrogens with one attached hydrogen (secondary N) is 1. The first kappa shape index (κ1) is 19.6. The molecule has 4 rings (SSSR count). The third-order valence-electron chi connectivity index (χ3n) is 4.48. The van der Waals surface area contributed by atoms with Gasteiger partial charge >= 0.3 is 0 Å². The maximum Gasteiger partial charge on any atom is 0.238 e. The van der Waals surface area contributed by atoms with Crippen molar-refractivity contribution in [1.29, 1.82) is 0 Å². The summed E-state index contributed by atoms with van der Waals surface area (Å²) in [5, 5.41) is 28.8. The van der Waals surface area contributed by atoms with E-state index >= 15 is 0 Å². The third-order valence-corrected chi connectivity index (χ3v) is 5.39. The van der Waals surface area contributed by atoms with Crippen LogP contribution >= 0.6 is 0 Å². The second-order valence-corrected chi connectivity index (χ2v) is 8.13. The number of azo groups is 1. The minimum Gasteiger partial charge on any atom is -0.506 e. The van der Waals surface area contributed by atoms with Gasteiger partial charge in [0.25, 0.3) is 0 Å². The number of aromatic hydroxyl groups is 1. The Morgan fingerprint density at radius 3 is 2.40 bits per heavy atom. The largest absolute Gasteiger partial charge is 0.506 e. The van der Waals surface area contributed by atoms with E-state index in [1.54, 1.807) is 30.3 Å². The summed E-state index contributed by atoms with van der Waals surface area (Å²) in [4.78, 5) is 0.00525. The van der Waals surface area contributed by atoms with Crippen molar-refractivity contribution in [3.8, 4) is 5.75 Å². The van der Waals surface area contributed by atoms with E-state index in [9.17, 15) is 13.5 Å². The number of fused-ring (bicyclic) bond motifs is 1. The predicted octanol–water partition coefficient (Wildman–Crippen LogP) is 5.35. The number of primary sulfonamides is 1. The van der Waals surface area contributed by atoms with E-state index in [1.807, 2.05) is 36.4 Å². The number of hydrogen-bond donors (Lipinski definition) is 3. The fraction of sp³-hybridized carbons (Fsp3) is 0. The highest BCUT2D eigenvalue weighted by Crippen LogP contribution is 2.38. The number of hydrogen-bond acceptors (Lipinski definition) is 6. The Morgan fingerprint density at radius 2 is 1.60 bits per heavy atom. The summed E-state index contributed by atoms with van der Waals surface area (Å²) >= 11 is 0. The highest BCUT2D eigenvalue weighted by atomic mass is 32.2. The van der Waals surface area contributed by atoms with Gasteiger partial charge in [-0.3, -0.25) is 0 Å². The van der Waals surface area contributed by atoms with Crippen LogP contribution in [-0.4, -0.2) is 13.5 Å². The molecular formula is C22H18N4O3S. The zero-order valence-corrected chi connectivity index (χ0v) is 16.5. The van der Waals surface area contributed by atoms with Gasteiger partial charge in [0.2, 0.25) is 10.0 Å². The van der Waals surface area contributed by atoms with Crippen molar-refractivity contribution in [3.63, 3.8) is 0 Å². The molecule has 7 nitrogen and oxygen atoms in total. The maximum absolute atomic E-state index is 11.7. The molecule has 0 saturated heterocycles. The number of sulfonamides is 1. The quantitative estimate of drug-likeness (QED) is 0.379. The van der Waals surface area contributed by atoms with Gasteiger partial charge < -0.3 is 10.4 Å². The van der Waals surface area contributed by atoms with Crippen molar-refractivity contribution in [2.75, 3.05) is 5.32 Å². The molecule has 0 fully saturated rings. The fourth-order valence-electron chi connectivity index (χ4n) is 3.02. The summed E-state index contributed by atoms with van der Waals surface area (Å²) in [6.45, 7) is 0. The second kappa shape index (κ2) is 7.94. The lowest BCUT2D eigenvalue weighted by Crippen LogP contribution is -2.12. The first-order valence-electron chi connectivity index (χ1n) is 9.03. The topological polar surface area (TPSA) is 117 Å². The molecule has 0 bridgehead atoms. The van der Waals surface area contributed by atoms with Crippen LogP contribution in [0.2, 0.25) is 0 Å². The Labute approximate surface area is 173 Å². The SMILES string of the molecule is NS(=O)(=O)c1cccc(Nc2ccc3ccccc3c2N=Nc2ccccc2O)c1. The van der Waals surface area contributed by atoms with E-state index in [4.69, 9.17) is 5.14 Å². The van der Waals surface area contributed by atoms with Gasteiger partial charge in [0.15, 0.2) is 0 Å². The Bertz CT molecular complexity index is 1370. The molecule has 4 aromatic rings. The van der Waals surface area contributed by atoms with E-state index < -0.39 is 10.0 Å². The van der Waals surface area contributed by atoms with Crippen molar-refractivity contribution in [2.24, 2.45) is 15.4 Å². The molecule has 30 heavy (non-hydrogen) atoms. The summed E-state index contributed by atoms with van der Waals surface area (Å²) in [7, 11) is -3.82. The fourth-order valence-corrected chi connectivity index (χ4v) is 3.58. The molecule has 0 saturated carbocycles. The molecule has 4 N–H and O–H groups in total. The highest BCUT2D eigenvalue weighted by molar-refractivity contribution is 7.89. The van der Waals surface area contributed by atoms with Gasteiger partial charge in [-0.1, -0.05) is 48.5 Å². The molecule has 0 spiro atoms. The minimum absolute atomic E-state index is 0.00525. The number of phenolic OH excluding ortho intramolecular Hbond substituents is 1. The van der Waals surface area contributed by atoms with Crippen LogP contribution in [0, 0.1) is 0 Å². The lowest BCUT2D eigenvalue weighted by atomic mass is 10.1. The van der Waals surface area contributed by atoms with Crippen LogP contribution in [-0.2, 0) is 10.0 Å². The molecule has 0 aliphatic carbocycles. The van der Waals surface area contributed by atoms with E-state index in [1.165, 1.54) is 18.2 Å². The van der Waals surface area contributed by atoms with Crippen LogP contribution in [0.15, 0.2) is 100 Å². The molecule has 4 aromatic carbocycles. The third kappa shape index (κ3) is 4.14. The molecule has 0 unspecified atom stereocenters. The second-order valence-electron chi connectivity index (χ2n) is 6.57. The van der Waals surface area contributed by atoms with Crippen LogP contribution in [0.4, 0.5) is 22.7 Å². The molecule has 8 heteroatoms. The van der Waals surface area contributed by atoms with E-state index in [0.717, 1.165) is 10.8 Å². The predicted molar refractivity (Wildman–Crippen MR) is 117 cm³/mol. The zero-order valence-electron chi connectivity index (χ0n) is 15.7. The lowest BCUT2D eigenvalue weighted by Gasteiger charge is -2.12. The molecule has 0 aromatic heterocycles. The van der Waals surface area contributed by atoms with E-state index in [0.29, 0.717) is 22.7 Å². The van der Waals surface area contributed by atoms with Gasteiger partial charge in [0, 0.05) is 11.1 Å². The first-order valence-corrected chi connectivity index (χ1v) is 10.6. The molecule has 0 atom stereocenters. The Kier molecular flexibility index (Phi) is 5.18. The monoisotopic (exact) mass is 418 g/mol. The normalized spacial score (nSPS) is 11.8. The van der Waals surface area contributed by atoms with Gasteiger partial charge in [-0.2, -0.15) is 0 Å². The van der Waals surface area contributed by atoms with Crippen molar-refractivity contribution in [2.45, 2.75) is 4.90 Å². The molecule has 0 heterocycles. The van der Waals surface area contributed by atoms with Crippen molar-refractivity contribution in [1.82, 2.24) is 0 Å². The van der Waals surface area contributed by atoms with Gasteiger partial charge in [0.05, 0.1) is 10.6 Å². The number of nitrogens with two attached hydrogens (primary N) is 1. The lowest BCUT2D eigenvalue weighted by molar-refractivity contribution is 0.476. The Morgan fingerprint density at radius 1 is 0.833 bits per heavy atom.